The molecular formula is C8H14N4O2. The van der Waals surface area contributed by atoms with E-state index in [1.165, 1.54) is 0 Å². The van der Waals surface area contributed by atoms with Crippen LogP contribution in [0.15, 0.2) is 0 Å². The van der Waals surface area contributed by atoms with E-state index in [-0.39, 0.29) is 18.9 Å². The number of primary amides is 1. The van der Waals surface area contributed by atoms with Crippen LogP contribution in [-0.2, 0) is 9.59 Å². The van der Waals surface area contributed by atoms with Gasteiger partial charge >= 0.3 is 0 Å². The highest BCUT2D eigenvalue weighted by Crippen LogP contribution is 1.90. The molecule has 0 aliphatic heterocycles. The summed E-state index contributed by atoms with van der Waals surface area (Å²) in [5, 5.41) is 10.9. The predicted molar refractivity (Wildman–Crippen MR) is 49.6 cm³/mol. The number of nitrogens with two attached hydrogens (primary N) is 2. The van der Waals surface area contributed by atoms with Crippen molar-refractivity contribution in [3.05, 3.63) is 0 Å². The average molecular weight is 198 g/mol. The summed E-state index contributed by atoms with van der Waals surface area (Å²) in [4.78, 5) is 21.6. The van der Waals surface area contributed by atoms with Crippen molar-refractivity contribution in [3.8, 4) is 6.07 Å². The third-order valence-electron chi connectivity index (χ3n) is 1.56. The molecule has 0 saturated heterocycles. The molecule has 14 heavy (non-hydrogen) atoms. The molecule has 0 spiro atoms. The van der Waals surface area contributed by atoms with Crippen LogP contribution in [0, 0.1) is 17.2 Å². The van der Waals surface area contributed by atoms with Crippen molar-refractivity contribution in [3.63, 3.8) is 0 Å². The quantitative estimate of drug-likeness (QED) is 0.495. The average Bonchev–Trinajstić information content (AvgIpc) is 2.12. The second-order valence-corrected chi connectivity index (χ2v) is 3.05. The zero-order valence-electron chi connectivity index (χ0n) is 7.99. The zero-order chi connectivity index (χ0) is 11.1. The number of hydrogen-bond donors (Lipinski definition) is 3. The summed E-state index contributed by atoms with van der Waals surface area (Å²) in [6, 6.07) is 1.02. The molecular weight excluding hydrogens is 184 g/mol. The van der Waals surface area contributed by atoms with Gasteiger partial charge in [0.25, 0.3) is 0 Å². The third-order valence-corrected chi connectivity index (χ3v) is 1.56. The number of nitrogens with zero attached hydrogens (tertiary/aromatic N) is 1. The van der Waals surface area contributed by atoms with Gasteiger partial charge < -0.3 is 16.8 Å². The molecule has 2 atom stereocenters. The van der Waals surface area contributed by atoms with E-state index >= 15 is 0 Å². The summed E-state index contributed by atoms with van der Waals surface area (Å²) in [6.07, 6.45) is -0.188. The monoisotopic (exact) mass is 198 g/mol. The smallest absolute Gasteiger partial charge is 0.237 e. The van der Waals surface area contributed by atoms with Crippen LogP contribution in [0.5, 0.6) is 0 Å². The second kappa shape index (κ2) is 5.94. The Morgan fingerprint density at radius 1 is 1.57 bits per heavy atom. The van der Waals surface area contributed by atoms with Gasteiger partial charge in [0.15, 0.2) is 0 Å². The fourth-order valence-corrected chi connectivity index (χ4v) is 0.740. The maximum atomic E-state index is 11.1. The first kappa shape index (κ1) is 12.4. The first-order valence-corrected chi connectivity index (χ1v) is 4.18. The van der Waals surface area contributed by atoms with Crippen LogP contribution in [0.25, 0.3) is 0 Å². The van der Waals surface area contributed by atoms with E-state index in [1.807, 2.05) is 6.07 Å². The molecule has 0 fully saturated rings. The molecule has 78 valence electrons. The van der Waals surface area contributed by atoms with Crippen molar-refractivity contribution in [2.45, 2.75) is 19.4 Å². The first-order chi connectivity index (χ1) is 6.47. The maximum Gasteiger partial charge on any atom is 0.237 e. The standard InChI is InChI=1S/C8H14N4O2/c1-5(3-9)4-12-8(14)6(10)2-7(11)13/h5-6H,2,4,10H2,1H3,(H2,11,13)(H,12,14). The molecule has 0 aliphatic carbocycles. The third kappa shape index (κ3) is 5.11. The van der Waals surface area contributed by atoms with Crippen LogP contribution < -0.4 is 16.8 Å². The lowest BCUT2D eigenvalue weighted by Gasteiger charge is -2.10. The SMILES string of the molecule is CC(C#N)CNC(=O)C(N)CC(N)=O. The minimum Gasteiger partial charge on any atom is -0.370 e. The molecule has 0 aromatic rings. The molecule has 0 aromatic carbocycles. The summed E-state index contributed by atoms with van der Waals surface area (Å²) < 4.78 is 0. The predicted octanol–water partition coefficient (Wildman–Crippen LogP) is -1.54. The number of nitrogens with one attached hydrogen (secondary N) is 1. The fourth-order valence-electron chi connectivity index (χ4n) is 0.740. The van der Waals surface area contributed by atoms with Gasteiger partial charge in [0.1, 0.15) is 0 Å². The lowest BCUT2D eigenvalue weighted by atomic mass is 10.1. The van der Waals surface area contributed by atoms with E-state index in [0.29, 0.717) is 0 Å². The largest absolute Gasteiger partial charge is 0.370 e. The van der Waals surface area contributed by atoms with Crippen LogP contribution in [0.4, 0.5) is 0 Å². The highest BCUT2D eigenvalue weighted by atomic mass is 16.2. The van der Waals surface area contributed by atoms with Gasteiger partial charge in [-0.25, -0.2) is 0 Å². The topological polar surface area (TPSA) is 122 Å². The van der Waals surface area contributed by atoms with Crippen molar-refractivity contribution in [2.75, 3.05) is 6.54 Å². The van der Waals surface area contributed by atoms with Crippen LogP contribution in [0.3, 0.4) is 0 Å². The number of nitriles is 1. The minimum absolute atomic E-state index is 0.188. The molecule has 0 heterocycles. The number of carbonyl (C=O) groups excluding carboxylic acids is 2. The Balaban J connectivity index is 3.85. The Labute approximate surface area is 82.2 Å². The summed E-state index contributed by atoms with van der Waals surface area (Å²) in [7, 11) is 0. The van der Waals surface area contributed by atoms with Gasteiger partial charge in [0, 0.05) is 6.54 Å². The minimum atomic E-state index is -0.932. The van der Waals surface area contributed by atoms with E-state index in [9.17, 15) is 9.59 Å². The Morgan fingerprint density at radius 3 is 2.57 bits per heavy atom. The Kier molecular flexibility index (Phi) is 5.26. The first-order valence-electron chi connectivity index (χ1n) is 4.18. The van der Waals surface area contributed by atoms with Crippen LogP contribution >= 0.6 is 0 Å². The fraction of sp³-hybridized carbons (Fsp3) is 0.625. The Morgan fingerprint density at radius 2 is 2.14 bits per heavy atom. The van der Waals surface area contributed by atoms with Gasteiger partial charge in [-0.1, -0.05) is 0 Å². The van der Waals surface area contributed by atoms with Gasteiger partial charge in [0.05, 0.1) is 24.4 Å². The number of hydrogen-bond acceptors (Lipinski definition) is 4. The van der Waals surface area contributed by atoms with E-state index in [2.05, 4.69) is 5.32 Å². The summed E-state index contributed by atoms with van der Waals surface area (Å²) in [5.74, 6) is -1.37. The summed E-state index contributed by atoms with van der Waals surface area (Å²) in [6.45, 7) is 1.89. The molecule has 2 unspecified atom stereocenters. The highest BCUT2D eigenvalue weighted by Gasteiger charge is 2.15. The normalized spacial score (nSPS) is 13.8. The van der Waals surface area contributed by atoms with Crippen molar-refractivity contribution in [2.24, 2.45) is 17.4 Å². The van der Waals surface area contributed by atoms with Gasteiger partial charge in [0.2, 0.25) is 11.8 Å². The number of amides is 2. The molecule has 6 heteroatoms. The molecule has 6 nitrogen and oxygen atoms in total. The summed E-state index contributed by atoms with van der Waals surface area (Å²) >= 11 is 0. The van der Waals surface area contributed by atoms with Gasteiger partial charge in [-0.3, -0.25) is 9.59 Å². The van der Waals surface area contributed by atoms with Gasteiger partial charge in [-0.2, -0.15) is 5.26 Å². The molecule has 2 amide bonds. The van der Waals surface area contributed by atoms with Crippen LogP contribution in [0.1, 0.15) is 13.3 Å². The van der Waals surface area contributed by atoms with Gasteiger partial charge in [-0.15, -0.1) is 0 Å². The highest BCUT2D eigenvalue weighted by molar-refractivity contribution is 5.87. The van der Waals surface area contributed by atoms with Crippen molar-refractivity contribution in [1.29, 1.82) is 5.26 Å². The number of rotatable bonds is 5. The van der Waals surface area contributed by atoms with Crippen molar-refractivity contribution >= 4 is 11.8 Å². The van der Waals surface area contributed by atoms with E-state index in [4.69, 9.17) is 16.7 Å². The van der Waals surface area contributed by atoms with Crippen molar-refractivity contribution in [1.82, 2.24) is 5.32 Å². The summed E-state index contributed by atoms with van der Waals surface area (Å²) in [5.41, 5.74) is 10.2. The van der Waals surface area contributed by atoms with E-state index < -0.39 is 17.9 Å². The Bertz CT molecular complexity index is 259. The molecule has 0 aromatic heterocycles. The van der Waals surface area contributed by atoms with Crippen LogP contribution in [-0.4, -0.2) is 24.4 Å². The number of carbonyl (C=O) groups is 2. The van der Waals surface area contributed by atoms with Crippen LogP contribution in [0.2, 0.25) is 0 Å². The lowest BCUT2D eigenvalue weighted by Crippen LogP contribution is -2.44. The van der Waals surface area contributed by atoms with E-state index in [1.54, 1.807) is 6.92 Å². The zero-order valence-corrected chi connectivity index (χ0v) is 7.99. The molecule has 0 radical (unpaired) electrons. The maximum absolute atomic E-state index is 11.1. The molecule has 0 rings (SSSR count). The Hall–Kier alpha value is -1.61. The molecule has 0 saturated carbocycles. The van der Waals surface area contributed by atoms with E-state index in [0.717, 1.165) is 0 Å². The van der Waals surface area contributed by atoms with Gasteiger partial charge in [-0.05, 0) is 6.92 Å². The second-order valence-electron chi connectivity index (χ2n) is 3.05. The lowest BCUT2D eigenvalue weighted by molar-refractivity contribution is -0.126. The molecule has 0 aliphatic rings. The molecule has 0 bridgehead atoms. The van der Waals surface area contributed by atoms with Crippen molar-refractivity contribution < 1.29 is 9.59 Å². The molecule has 5 N–H and O–H groups in total.